The lowest BCUT2D eigenvalue weighted by molar-refractivity contribution is -0.128. The molecule has 2 aromatic carbocycles. The van der Waals surface area contributed by atoms with Crippen LogP contribution in [0.2, 0.25) is 0 Å². The first kappa shape index (κ1) is 20.6. The summed E-state index contributed by atoms with van der Waals surface area (Å²) in [6.45, 7) is 0.529. The number of benzene rings is 2. The van der Waals surface area contributed by atoms with Gasteiger partial charge < -0.3 is 4.42 Å². The molecule has 8 heteroatoms. The number of nitrogens with zero attached hydrogens (tertiary/aromatic N) is 3. The van der Waals surface area contributed by atoms with Gasteiger partial charge in [0, 0.05) is 0 Å². The predicted octanol–water partition coefficient (Wildman–Crippen LogP) is 3.56. The smallest absolute Gasteiger partial charge is 0.237 e. The maximum Gasteiger partial charge on any atom is 0.237 e. The Morgan fingerprint density at radius 3 is 2.26 bits per heavy atom. The minimum Gasteiger partial charge on any atom is -0.461 e. The fraction of sp³-hybridized carbons (Fsp3) is 0.130. The summed E-state index contributed by atoms with van der Waals surface area (Å²) < 4.78 is 7.39. The second-order valence-corrected chi connectivity index (χ2v) is 7.72. The lowest BCUT2D eigenvalue weighted by Crippen LogP contribution is -2.33. The molecule has 0 aliphatic heterocycles. The van der Waals surface area contributed by atoms with Crippen LogP contribution in [0.25, 0.3) is 11.6 Å². The SMILES string of the molecule is O=C(CSc1nnc(-c2ccco2)n1Cc1ccccc1)NC(=O)Cc1ccccc1. The summed E-state index contributed by atoms with van der Waals surface area (Å²) in [5, 5.41) is 11.5. The number of nitrogens with one attached hydrogen (secondary N) is 1. The van der Waals surface area contributed by atoms with Gasteiger partial charge in [-0.25, -0.2) is 0 Å². The quantitative estimate of drug-likeness (QED) is 0.428. The summed E-state index contributed by atoms with van der Waals surface area (Å²) in [4.78, 5) is 24.4. The van der Waals surface area contributed by atoms with Crippen LogP contribution in [-0.4, -0.2) is 32.3 Å². The van der Waals surface area contributed by atoms with E-state index < -0.39 is 0 Å². The van der Waals surface area contributed by atoms with Crippen LogP contribution in [0, 0.1) is 0 Å². The molecule has 0 saturated carbocycles. The van der Waals surface area contributed by atoms with Crippen molar-refractivity contribution in [3.05, 3.63) is 90.2 Å². The molecule has 156 valence electrons. The highest BCUT2D eigenvalue weighted by atomic mass is 32.2. The molecular formula is C23H20N4O3S. The Morgan fingerprint density at radius 1 is 0.871 bits per heavy atom. The van der Waals surface area contributed by atoms with Gasteiger partial charge >= 0.3 is 0 Å². The van der Waals surface area contributed by atoms with Crippen LogP contribution in [0.5, 0.6) is 0 Å². The summed E-state index contributed by atoms with van der Waals surface area (Å²) in [7, 11) is 0. The first-order valence-corrected chi connectivity index (χ1v) is 10.7. The van der Waals surface area contributed by atoms with Gasteiger partial charge in [-0.3, -0.25) is 19.5 Å². The van der Waals surface area contributed by atoms with Gasteiger partial charge in [0.25, 0.3) is 0 Å². The lowest BCUT2D eigenvalue weighted by atomic mass is 10.1. The fourth-order valence-electron chi connectivity index (χ4n) is 3.04. The van der Waals surface area contributed by atoms with E-state index in [-0.39, 0.29) is 24.0 Å². The lowest BCUT2D eigenvalue weighted by Gasteiger charge is -2.09. The van der Waals surface area contributed by atoms with Gasteiger partial charge in [-0.2, -0.15) is 0 Å². The van der Waals surface area contributed by atoms with Crippen LogP contribution in [0.3, 0.4) is 0 Å². The van der Waals surface area contributed by atoms with Crippen LogP contribution < -0.4 is 5.32 Å². The predicted molar refractivity (Wildman–Crippen MR) is 117 cm³/mol. The Labute approximate surface area is 183 Å². The maximum atomic E-state index is 12.3. The van der Waals surface area contributed by atoms with Gasteiger partial charge in [0.05, 0.1) is 25.0 Å². The molecular weight excluding hydrogens is 412 g/mol. The van der Waals surface area contributed by atoms with Crippen molar-refractivity contribution in [1.82, 2.24) is 20.1 Å². The van der Waals surface area contributed by atoms with E-state index in [1.54, 1.807) is 12.3 Å². The Kier molecular flexibility index (Phi) is 6.59. The van der Waals surface area contributed by atoms with Crippen molar-refractivity contribution in [2.75, 3.05) is 5.75 Å². The highest BCUT2D eigenvalue weighted by Gasteiger charge is 2.18. The van der Waals surface area contributed by atoms with Crippen molar-refractivity contribution in [3.63, 3.8) is 0 Å². The van der Waals surface area contributed by atoms with Gasteiger partial charge in [0.1, 0.15) is 0 Å². The topological polar surface area (TPSA) is 90.0 Å². The third kappa shape index (κ3) is 5.49. The summed E-state index contributed by atoms with van der Waals surface area (Å²) >= 11 is 1.22. The third-order valence-electron chi connectivity index (χ3n) is 4.46. The van der Waals surface area contributed by atoms with Crippen molar-refractivity contribution < 1.29 is 14.0 Å². The minimum absolute atomic E-state index is 0.0472. The molecule has 2 aromatic heterocycles. The summed E-state index contributed by atoms with van der Waals surface area (Å²) in [5.74, 6) is 0.513. The standard InChI is InChI=1S/C23H20N4O3S/c28-20(14-17-8-3-1-4-9-17)24-21(29)16-31-23-26-25-22(19-12-7-13-30-19)27(23)15-18-10-5-2-6-11-18/h1-13H,14-16H2,(H,24,28,29). The molecule has 0 fully saturated rings. The van der Waals surface area contributed by atoms with E-state index in [1.807, 2.05) is 71.3 Å². The molecule has 7 nitrogen and oxygen atoms in total. The van der Waals surface area contributed by atoms with Gasteiger partial charge in [-0.15, -0.1) is 10.2 Å². The van der Waals surface area contributed by atoms with Gasteiger partial charge in [-0.1, -0.05) is 72.4 Å². The van der Waals surface area contributed by atoms with Gasteiger partial charge in [-0.05, 0) is 23.3 Å². The number of carbonyl (C=O) groups is 2. The second kappa shape index (κ2) is 9.90. The number of aromatic nitrogens is 3. The van der Waals surface area contributed by atoms with E-state index in [9.17, 15) is 9.59 Å². The number of amides is 2. The average Bonchev–Trinajstić information content (AvgIpc) is 3.44. The van der Waals surface area contributed by atoms with Crippen LogP contribution in [0.1, 0.15) is 11.1 Å². The fourth-order valence-corrected chi connectivity index (χ4v) is 3.78. The number of hydrogen-bond acceptors (Lipinski definition) is 6. The average molecular weight is 433 g/mol. The first-order chi connectivity index (χ1) is 15.2. The van der Waals surface area contributed by atoms with Crippen molar-refractivity contribution in [1.29, 1.82) is 0 Å². The number of carbonyl (C=O) groups excluding carboxylic acids is 2. The molecule has 2 heterocycles. The zero-order valence-electron chi connectivity index (χ0n) is 16.6. The van der Waals surface area contributed by atoms with Crippen molar-refractivity contribution >= 4 is 23.6 Å². The largest absolute Gasteiger partial charge is 0.461 e. The molecule has 0 bridgehead atoms. The molecule has 0 aliphatic carbocycles. The highest BCUT2D eigenvalue weighted by Crippen LogP contribution is 2.25. The van der Waals surface area contributed by atoms with Crippen molar-refractivity contribution in [3.8, 4) is 11.6 Å². The van der Waals surface area contributed by atoms with E-state index >= 15 is 0 Å². The molecule has 0 radical (unpaired) electrons. The third-order valence-corrected chi connectivity index (χ3v) is 5.43. The molecule has 0 aliphatic rings. The molecule has 0 spiro atoms. The summed E-state index contributed by atoms with van der Waals surface area (Å²) in [6, 6.07) is 22.8. The number of thioether (sulfide) groups is 1. The molecule has 2 amide bonds. The monoisotopic (exact) mass is 432 g/mol. The number of furan rings is 1. The van der Waals surface area contributed by atoms with Crippen molar-refractivity contribution in [2.45, 2.75) is 18.1 Å². The van der Waals surface area contributed by atoms with Gasteiger partial charge in [0.15, 0.2) is 10.9 Å². The normalized spacial score (nSPS) is 10.7. The van der Waals surface area contributed by atoms with E-state index in [4.69, 9.17) is 4.42 Å². The molecule has 4 rings (SSSR count). The minimum atomic E-state index is -0.375. The van der Waals surface area contributed by atoms with E-state index in [0.29, 0.717) is 23.3 Å². The molecule has 31 heavy (non-hydrogen) atoms. The Morgan fingerprint density at radius 2 is 1.58 bits per heavy atom. The molecule has 1 N–H and O–H groups in total. The van der Waals surface area contributed by atoms with Crippen LogP contribution >= 0.6 is 11.8 Å². The zero-order valence-corrected chi connectivity index (χ0v) is 17.4. The Hall–Kier alpha value is -3.65. The first-order valence-electron chi connectivity index (χ1n) is 9.69. The molecule has 0 saturated heterocycles. The zero-order chi connectivity index (χ0) is 21.5. The van der Waals surface area contributed by atoms with Crippen LogP contribution in [-0.2, 0) is 22.6 Å². The highest BCUT2D eigenvalue weighted by molar-refractivity contribution is 7.99. The second-order valence-electron chi connectivity index (χ2n) is 6.78. The van der Waals surface area contributed by atoms with Crippen molar-refractivity contribution in [2.24, 2.45) is 0 Å². The number of imide groups is 1. The van der Waals surface area contributed by atoms with E-state index in [1.165, 1.54) is 11.8 Å². The number of hydrogen-bond donors (Lipinski definition) is 1. The molecule has 0 atom stereocenters. The molecule has 0 unspecified atom stereocenters. The van der Waals surface area contributed by atoms with Crippen LogP contribution in [0.4, 0.5) is 0 Å². The van der Waals surface area contributed by atoms with E-state index in [0.717, 1.165) is 11.1 Å². The summed E-state index contributed by atoms with van der Waals surface area (Å²) in [5.41, 5.74) is 1.92. The molecule has 4 aromatic rings. The summed E-state index contributed by atoms with van der Waals surface area (Å²) in [6.07, 6.45) is 1.74. The van der Waals surface area contributed by atoms with Crippen LogP contribution in [0.15, 0.2) is 88.6 Å². The van der Waals surface area contributed by atoms with Gasteiger partial charge in [0.2, 0.25) is 17.6 Å². The number of rotatable bonds is 8. The maximum absolute atomic E-state index is 12.3. The Balaban J connectivity index is 1.43. The van der Waals surface area contributed by atoms with E-state index in [2.05, 4.69) is 15.5 Å². The Bertz CT molecular complexity index is 1140.